The Hall–Kier alpha value is -2.53. The second-order valence-electron chi connectivity index (χ2n) is 8.68. The van der Waals surface area contributed by atoms with E-state index in [1.807, 2.05) is 62.4 Å². The molecule has 0 spiro atoms. The summed E-state index contributed by atoms with van der Waals surface area (Å²) in [5, 5.41) is 4.48. The Morgan fingerprint density at radius 1 is 0.829 bits per heavy atom. The van der Waals surface area contributed by atoms with Crippen molar-refractivity contribution < 1.29 is 9.59 Å². The lowest BCUT2D eigenvalue weighted by molar-refractivity contribution is -0.141. The van der Waals surface area contributed by atoms with Gasteiger partial charge in [-0.05, 0) is 49.6 Å². The molecule has 4 nitrogen and oxygen atoms in total. The lowest BCUT2D eigenvalue weighted by atomic mass is 10.0. The Bertz CT molecular complexity index is 1130. The summed E-state index contributed by atoms with van der Waals surface area (Å²) in [7, 11) is 0. The minimum atomic E-state index is -0.745. The van der Waals surface area contributed by atoms with E-state index in [0.717, 1.165) is 11.1 Å². The van der Waals surface area contributed by atoms with Crippen LogP contribution in [0.1, 0.15) is 37.0 Å². The van der Waals surface area contributed by atoms with Gasteiger partial charge >= 0.3 is 0 Å². The van der Waals surface area contributed by atoms with Crippen LogP contribution >= 0.6 is 34.8 Å². The van der Waals surface area contributed by atoms with Crippen molar-refractivity contribution in [3.63, 3.8) is 0 Å². The van der Waals surface area contributed by atoms with Gasteiger partial charge in [0, 0.05) is 46.1 Å². The smallest absolute Gasteiger partial charge is 0.243 e. The molecule has 0 aliphatic rings. The Balaban J connectivity index is 1.97. The first kappa shape index (κ1) is 27.1. The van der Waals surface area contributed by atoms with Gasteiger partial charge in [-0.2, -0.15) is 0 Å². The minimum absolute atomic E-state index is 0.0789. The van der Waals surface area contributed by atoms with Crippen LogP contribution in [0.2, 0.25) is 15.1 Å². The van der Waals surface area contributed by atoms with Crippen molar-refractivity contribution >= 4 is 46.6 Å². The van der Waals surface area contributed by atoms with Crippen LogP contribution in [-0.2, 0) is 29.0 Å². The number of aryl methyl sites for hydroxylation is 1. The highest BCUT2D eigenvalue weighted by molar-refractivity contribution is 6.36. The second kappa shape index (κ2) is 13.0. The van der Waals surface area contributed by atoms with E-state index in [9.17, 15) is 9.59 Å². The van der Waals surface area contributed by atoms with Crippen LogP contribution in [0.3, 0.4) is 0 Å². The summed E-state index contributed by atoms with van der Waals surface area (Å²) in [6, 6.07) is 21.5. The first-order chi connectivity index (χ1) is 16.8. The Labute approximate surface area is 222 Å². The molecular formula is C28H29Cl3N2O2. The number of nitrogens with zero attached hydrogens (tertiary/aromatic N) is 1. The van der Waals surface area contributed by atoms with Gasteiger partial charge in [-0.1, -0.05) is 89.4 Å². The van der Waals surface area contributed by atoms with Crippen molar-refractivity contribution in [3.05, 3.63) is 105 Å². The molecule has 0 aromatic heterocycles. The van der Waals surface area contributed by atoms with Gasteiger partial charge in [-0.15, -0.1) is 0 Å². The van der Waals surface area contributed by atoms with E-state index >= 15 is 0 Å². The highest BCUT2D eigenvalue weighted by Crippen LogP contribution is 2.28. The van der Waals surface area contributed by atoms with Crippen molar-refractivity contribution in [1.82, 2.24) is 10.2 Å². The SMILES string of the molecule is CC(C)NC(=O)C(Cc1ccccc1)N(Cc1c(Cl)cccc1Cl)C(=O)CCc1ccccc1Cl. The third-order valence-corrected chi connectivity index (χ3v) is 6.74. The molecular weight excluding hydrogens is 503 g/mol. The predicted molar refractivity (Wildman–Crippen MR) is 144 cm³/mol. The number of amides is 2. The highest BCUT2D eigenvalue weighted by atomic mass is 35.5. The molecule has 0 aliphatic carbocycles. The van der Waals surface area contributed by atoms with Crippen LogP contribution in [0.15, 0.2) is 72.8 Å². The number of halogens is 3. The van der Waals surface area contributed by atoms with Crippen LogP contribution < -0.4 is 5.32 Å². The van der Waals surface area contributed by atoms with Gasteiger partial charge in [0.05, 0.1) is 0 Å². The quantitative estimate of drug-likeness (QED) is 0.315. The number of nitrogens with one attached hydrogen (secondary N) is 1. The maximum atomic E-state index is 13.7. The van der Waals surface area contributed by atoms with Crippen LogP contribution in [-0.4, -0.2) is 28.8 Å². The van der Waals surface area contributed by atoms with E-state index in [1.165, 1.54) is 0 Å². The van der Waals surface area contributed by atoms with Gasteiger partial charge in [0.2, 0.25) is 11.8 Å². The third kappa shape index (κ3) is 7.73. The summed E-state index contributed by atoms with van der Waals surface area (Å²) < 4.78 is 0. The molecule has 1 atom stereocenters. The number of hydrogen-bond acceptors (Lipinski definition) is 2. The first-order valence-corrected chi connectivity index (χ1v) is 12.7. The molecule has 0 aliphatic heterocycles. The van der Waals surface area contributed by atoms with E-state index in [1.54, 1.807) is 29.2 Å². The Kier molecular flexibility index (Phi) is 10.0. The van der Waals surface area contributed by atoms with Crippen molar-refractivity contribution in [1.29, 1.82) is 0 Å². The zero-order valence-electron chi connectivity index (χ0n) is 19.8. The van der Waals surface area contributed by atoms with Gasteiger partial charge in [-0.25, -0.2) is 0 Å². The average molecular weight is 532 g/mol. The average Bonchev–Trinajstić information content (AvgIpc) is 2.82. The van der Waals surface area contributed by atoms with Crippen LogP contribution in [0.25, 0.3) is 0 Å². The number of hydrogen-bond donors (Lipinski definition) is 1. The summed E-state index contributed by atoms with van der Waals surface area (Å²) >= 11 is 19.2. The fourth-order valence-corrected chi connectivity index (χ4v) is 4.62. The summed E-state index contributed by atoms with van der Waals surface area (Å²) in [5.74, 6) is -0.404. The van der Waals surface area contributed by atoms with Crippen LogP contribution in [0.4, 0.5) is 0 Å². The molecule has 0 heterocycles. The zero-order chi connectivity index (χ0) is 25.4. The van der Waals surface area contributed by atoms with Gasteiger partial charge in [0.1, 0.15) is 6.04 Å². The molecule has 0 saturated heterocycles. The maximum Gasteiger partial charge on any atom is 0.243 e. The van der Waals surface area contributed by atoms with Gasteiger partial charge in [0.15, 0.2) is 0 Å². The van der Waals surface area contributed by atoms with Crippen LogP contribution in [0.5, 0.6) is 0 Å². The van der Waals surface area contributed by atoms with E-state index in [4.69, 9.17) is 34.8 Å². The lowest BCUT2D eigenvalue weighted by Crippen LogP contribution is -2.52. The lowest BCUT2D eigenvalue weighted by Gasteiger charge is -2.32. The number of rotatable bonds is 10. The summed E-state index contributed by atoms with van der Waals surface area (Å²) in [4.78, 5) is 28.7. The monoisotopic (exact) mass is 530 g/mol. The maximum absolute atomic E-state index is 13.7. The molecule has 3 aromatic rings. The minimum Gasteiger partial charge on any atom is -0.352 e. The van der Waals surface area contributed by atoms with E-state index in [2.05, 4.69) is 5.32 Å². The normalized spacial score (nSPS) is 11.8. The number of benzene rings is 3. The molecule has 3 aromatic carbocycles. The van der Waals surface area contributed by atoms with Gasteiger partial charge in [-0.3, -0.25) is 9.59 Å². The van der Waals surface area contributed by atoms with Crippen LogP contribution in [0, 0.1) is 0 Å². The number of carbonyl (C=O) groups excluding carboxylic acids is 2. The molecule has 0 radical (unpaired) electrons. The van der Waals surface area contributed by atoms with Crippen molar-refractivity contribution in [2.24, 2.45) is 0 Å². The van der Waals surface area contributed by atoms with E-state index in [0.29, 0.717) is 33.5 Å². The van der Waals surface area contributed by atoms with Crippen molar-refractivity contribution in [2.75, 3.05) is 0 Å². The summed E-state index contributed by atoms with van der Waals surface area (Å²) in [6.07, 6.45) is 1.00. The molecule has 1 unspecified atom stereocenters. The van der Waals surface area contributed by atoms with E-state index < -0.39 is 6.04 Å². The van der Waals surface area contributed by atoms with Crippen molar-refractivity contribution in [3.8, 4) is 0 Å². The third-order valence-electron chi connectivity index (χ3n) is 5.66. The molecule has 0 fully saturated rings. The molecule has 7 heteroatoms. The fourth-order valence-electron chi connectivity index (χ4n) is 3.87. The van der Waals surface area contributed by atoms with Gasteiger partial charge in [0.25, 0.3) is 0 Å². The molecule has 0 bridgehead atoms. The molecule has 3 rings (SSSR count). The standard InChI is InChI=1S/C28H29Cl3N2O2/c1-19(2)32-28(35)26(17-20-9-4-3-5-10-20)33(18-22-24(30)13-8-14-25(22)31)27(34)16-15-21-11-6-7-12-23(21)29/h3-14,19,26H,15-18H2,1-2H3,(H,32,35). The van der Waals surface area contributed by atoms with E-state index in [-0.39, 0.29) is 30.8 Å². The van der Waals surface area contributed by atoms with Gasteiger partial charge < -0.3 is 10.2 Å². The predicted octanol–water partition coefficient (Wildman–Crippen LogP) is 6.74. The second-order valence-corrected chi connectivity index (χ2v) is 9.90. The molecule has 35 heavy (non-hydrogen) atoms. The summed E-state index contributed by atoms with van der Waals surface area (Å²) in [6.45, 7) is 3.90. The molecule has 2 amide bonds. The molecule has 1 N–H and O–H groups in total. The number of carbonyl (C=O) groups is 2. The first-order valence-electron chi connectivity index (χ1n) is 11.6. The molecule has 184 valence electrons. The van der Waals surface area contributed by atoms with Crippen molar-refractivity contribution in [2.45, 2.75) is 51.7 Å². The topological polar surface area (TPSA) is 49.4 Å². The zero-order valence-corrected chi connectivity index (χ0v) is 22.1. The fraction of sp³-hybridized carbons (Fsp3) is 0.286. The Morgan fingerprint density at radius 2 is 1.43 bits per heavy atom. The summed E-state index contributed by atoms with van der Waals surface area (Å²) in [5.41, 5.74) is 2.44. The molecule has 0 saturated carbocycles. The highest BCUT2D eigenvalue weighted by Gasteiger charge is 2.31. The largest absolute Gasteiger partial charge is 0.352 e. The Morgan fingerprint density at radius 3 is 2.06 bits per heavy atom.